The number of halogens is 2. The summed E-state index contributed by atoms with van der Waals surface area (Å²) in [6.07, 6.45) is 2.15. The minimum Gasteiger partial charge on any atom is -0.484 e. The third kappa shape index (κ3) is 6.19. The van der Waals surface area contributed by atoms with E-state index in [1.807, 2.05) is 0 Å². The minimum atomic E-state index is -3.72. The smallest absolute Gasteiger partial charge is 0.258 e. The van der Waals surface area contributed by atoms with E-state index in [4.69, 9.17) is 9.47 Å². The van der Waals surface area contributed by atoms with Crippen molar-refractivity contribution in [3.63, 3.8) is 0 Å². The van der Waals surface area contributed by atoms with Crippen LogP contribution in [0.25, 0.3) is 0 Å². The Morgan fingerprint density at radius 3 is 2.08 bits per heavy atom. The van der Waals surface area contributed by atoms with E-state index in [2.05, 4.69) is 10.6 Å². The number of hydrogen-bond acceptors (Lipinski definition) is 7. The summed E-state index contributed by atoms with van der Waals surface area (Å²) in [5, 5.41) is 16.6. The molecule has 2 amide bonds. The molecule has 2 aromatic carbocycles. The van der Waals surface area contributed by atoms with Crippen LogP contribution >= 0.6 is 0 Å². The normalized spacial score (nSPS) is 24.8. The van der Waals surface area contributed by atoms with Crippen LogP contribution in [0.5, 0.6) is 11.5 Å². The van der Waals surface area contributed by atoms with E-state index in [9.17, 15) is 31.9 Å². The molecular formula is C25H28F2N2O7S. The lowest BCUT2D eigenvalue weighted by molar-refractivity contribution is -0.137. The topological polar surface area (TPSA) is 131 Å². The molecule has 3 saturated carbocycles. The fraction of sp³-hybridized carbons (Fsp3) is 0.440. The zero-order valence-electron chi connectivity index (χ0n) is 20.1. The highest BCUT2D eigenvalue weighted by atomic mass is 32.2. The van der Waals surface area contributed by atoms with Crippen molar-refractivity contribution >= 4 is 21.7 Å². The predicted molar refractivity (Wildman–Crippen MR) is 128 cm³/mol. The lowest BCUT2D eigenvalue weighted by Gasteiger charge is -2.56. The van der Waals surface area contributed by atoms with Gasteiger partial charge in [-0.15, -0.1) is 0 Å². The largest absolute Gasteiger partial charge is 0.484 e. The van der Waals surface area contributed by atoms with Gasteiger partial charge in [0, 0.05) is 17.9 Å². The number of benzene rings is 2. The molecule has 1 atom stereocenters. The highest BCUT2D eigenvalue weighted by molar-refractivity contribution is 7.90. The van der Waals surface area contributed by atoms with E-state index in [0.29, 0.717) is 31.4 Å². The first-order valence-electron chi connectivity index (χ1n) is 11.7. The highest BCUT2D eigenvalue weighted by Crippen LogP contribution is 2.47. The van der Waals surface area contributed by atoms with Crippen molar-refractivity contribution in [1.29, 1.82) is 0 Å². The summed E-state index contributed by atoms with van der Waals surface area (Å²) in [5.74, 6) is -1.91. The molecule has 3 aliphatic rings. The van der Waals surface area contributed by atoms with E-state index in [1.54, 1.807) is 0 Å². The molecule has 37 heavy (non-hydrogen) atoms. The van der Waals surface area contributed by atoms with E-state index >= 15 is 0 Å². The lowest BCUT2D eigenvalue weighted by atomic mass is 9.60. The average molecular weight is 539 g/mol. The quantitative estimate of drug-likeness (QED) is 0.444. The monoisotopic (exact) mass is 538 g/mol. The molecule has 200 valence electrons. The summed E-state index contributed by atoms with van der Waals surface area (Å²) in [6, 6.07) is 8.54. The van der Waals surface area contributed by atoms with Crippen molar-refractivity contribution < 1.29 is 41.4 Å². The zero-order valence-corrected chi connectivity index (χ0v) is 20.9. The van der Waals surface area contributed by atoms with Crippen LogP contribution in [0, 0.1) is 11.6 Å². The van der Waals surface area contributed by atoms with Crippen molar-refractivity contribution in [3.8, 4) is 11.5 Å². The third-order valence-corrected chi connectivity index (χ3v) is 8.10. The minimum absolute atomic E-state index is 0.00876. The number of nitrogens with one attached hydrogen (secondary N) is 2. The van der Waals surface area contributed by atoms with Crippen LogP contribution in [0.15, 0.2) is 47.4 Å². The van der Waals surface area contributed by atoms with Gasteiger partial charge in [0.15, 0.2) is 23.1 Å². The number of carbonyl (C=O) groups is 2. The molecule has 3 fully saturated rings. The van der Waals surface area contributed by atoms with Crippen LogP contribution in [0.3, 0.4) is 0 Å². The van der Waals surface area contributed by atoms with Gasteiger partial charge in [0.2, 0.25) is 0 Å². The fourth-order valence-corrected chi connectivity index (χ4v) is 5.74. The van der Waals surface area contributed by atoms with Crippen molar-refractivity contribution in [2.45, 2.75) is 54.2 Å². The van der Waals surface area contributed by atoms with Gasteiger partial charge in [0.1, 0.15) is 28.0 Å². The Morgan fingerprint density at radius 1 is 0.946 bits per heavy atom. The van der Waals surface area contributed by atoms with Crippen LogP contribution in [-0.4, -0.2) is 62.0 Å². The molecule has 9 nitrogen and oxygen atoms in total. The van der Waals surface area contributed by atoms with Gasteiger partial charge in [-0.3, -0.25) is 9.59 Å². The molecule has 12 heteroatoms. The first-order valence-corrected chi connectivity index (χ1v) is 13.6. The Labute approximate surface area is 213 Å². The average Bonchev–Trinajstić information content (AvgIpc) is 2.83. The molecule has 5 rings (SSSR count). The summed E-state index contributed by atoms with van der Waals surface area (Å²) in [4.78, 5) is 24.6. The van der Waals surface area contributed by atoms with Gasteiger partial charge < -0.3 is 25.2 Å². The Balaban J connectivity index is 1.28. The maximum atomic E-state index is 14.0. The highest BCUT2D eigenvalue weighted by Gasteiger charge is 2.55. The van der Waals surface area contributed by atoms with Crippen molar-refractivity contribution in [3.05, 3.63) is 54.1 Å². The maximum Gasteiger partial charge on any atom is 0.258 e. The Bertz CT molecular complexity index is 1280. The van der Waals surface area contributed by atoms with Crippen LogP contribution in [-0.2, 0) is 19.4 Å². The number of fused-ring (bicyclic) bond motifs is 3. The van der Waals surface area contributed by atoms with Gasteiger partial charge in [-0.25, -0.2) is 17.2 Å². The molecule has 0 spiro atoms. The molecule has 0 aromatic heterocycles. The van der Waals surface area contributed by atoms with Crippen molar-refractivity contribution in [2.24, 2.45) is 0 Å². The molecule has 0 heterocycles. The zero-order chi connectivity index (χ0) is 26.8. The summed E-state index contributed by atoms with van der Waals surface area (Å²) in [7, 11) is -3.72. The van der Waals surface area contributed by atoms with E-state index in [0.717, 1.165) is 18.4 Å². The molecule has 2 aromatic rings. The number of hydrogen-bond donors (Lipinski definition) is 3. The van der Waals surface area contributed by atoms with Crippen LogP contribution in [0.4, 0.5) is 8.78 Å². The van der Waals surface area contributed by atoms with Gasteiger partial charge in [0.25, 0.3) is 11.8 Å². The number of amides is 2. The summed E-state index contributed by atoms with van der Waals surface area (Å²) < 4.78 is 60.8. The summed E-state index contributed by atoms with van der Waals surface area (Å²) in [6.45, 7) is -0.705. The Morgan fingerprint density at radius 2 is 1.51 bits per heavy atom. The molecule has 3 N–H and O–H groups in total. The second kappa shape index (κ2) is 10.3. The molecular weight excluding hydrogens is 510 g/mol. The fourth-order valence-electron chi connectivity index (χ4n) is 5.01. The number of aliphatic hydroxyl groups excluding tert-OH is 1. The van der Waals surface area contributed by atoms with E-state index < -0.39 is 62.0 Å². The SMILES string of the molecule is CS(=O)(=O)c1ccc(OCC(=O)NC23CCC(NC(=O)COc4ccc(F)cc4)(CC2)[C@@H](O)C3)cc1F. The number of aliphatic hydroxyl groups is 1. The second-order valence-corrected chi connectivity index (χ2v) is 11.6. The summed E-state index contributed by atoms with van der Waals surface area (Å²) in [5.41, 5.74) is -1.49. The van der Waals surface area contributed by atoms with Crippen molar-refractivity contribution in [2.75, 3.05) is 19.5 Å². The first-order chi connectivity index (χ1) is 17.4. The Kier molecular flexibility index (Phi) is 7.43. The van der Waals surface area contributed by atoms with E-state index in [1.165, 1.54) is 30.3 Å². The molecule has 0 radical (unpaired) electrons. The number of sulfone groups is 1. The van der Waals surface area contributed by atoms with Gasteiger partial charge in [0.05, 0.1) is 11.6 Å². The second-order valence-electron chi connectivity index (χ2n) is 9.65. The number of ether oxygens (including phenoxy) is 2. The summed E-state index contributed by atoms with van der Waals surface area (Å²) >= 11 is 0. The van der Waals surface area contributed by atoms with Crippen LogP contribution < -0.4 is 20.1 Å². The standard InChI is InChI=1S/C25H28F2N2O7S/c1-37(33,34)20-7-6-18(12-19(20)27)36-14-22(31)28-24-8-10-25(11-9-24,21(30)13-24)29-23(32)15-35-17-4-2-16(26)3-5-17/h2-7,12,21,30H,8-11,13-15H2,1H3,(H,28,31)(H,29,32)/t21-,24?,25?/m0/s1. The molecule has 0 aliphatic heterocycles. The number of rotatable bonds is 9. The van der Waals surface area contributed by atoms with Crippen LogP contribution in [0.1, 0.15) is 32.1 Å². The number of carbonyl (C=O) groups excluding carboxylic acids is 2. The third-order valence-electron chi connectivity index (χ3n) is 6.97. The molecule has 0 saturated heterocycles. The van der Waals surface area contributed by atoms with Gasteiger partial charge in [-0.1, -0.05) is 0 Å². The molecule has 3 aliphatic carbocycles. The van der Waals surface area contributed by atoms with E-state index in [-0.39, 0.29) is 18.8 Å². The van der Waals surface area contributed by atoms with Gasteiger partial charge in [-0.2, -0.15) is 0 Å². The Hall–Kier alpha value is -3.25. The van der Waals surface area contributed by atoms with Crippen LogP contribution in [0.2, 0.25) is 0 Å². The van der Waals surface area contributed by atoms with Gasteiger partial charge in [-0.05, 0) is 68.5 Å². The molecule has 2 bridgehead atoms. The lowest BCUT2D eigenvalue weighted by Crippen LogP contribution is -2.70. The molecule has 0 unspecified atom stereocenters. The van der Waals surface area contributed by atoms with Crippen molar-refractivity contribution in [1.82, 2.24) is 10.6 Å². The maximum absolute atomic E-state index is 14.0. The van der Waals surface area contributed by atoms with Gasteiger partial charge >= 0.3 is 0 Å². The predicted octanol–water partition coefficient (Wildman–Crippen LogP) is 1.87. The first kappa shape index (κ1) is 26.8.